The van der Waals surface area contributed by atoms with E-state index in [4.69, 9.17) is 4.74 Å². The average Bonchev–Trinajstić information content (AvgIpc) is 2.59. The molecular weight excluding hydrogens is 266 g/mol. The Kier molecular flexibility index (Phi) is 4.46. The third-order valence-electron chi connectivity index (χ3n) is 4.73. The van der Waals surface area contributed by atoms with Gasteiger partial charge in [0.1, 0.15) is 0 Å². The van der Waals surface area contributed by atoms with Crippen LogP contribution in [0.25, 0.3) is 0 Å². The van der Waals surface area contributed by atoms with Gasteiger partial charge in [0.2, 0.25) is 0 Å². The number of aliphatic hydroxyl groups is 1. The van der Waals surface area contributed by atoms with Gasteiger partial charge in [0.15, 0.2) is 0 Å². The molecule has 3 nitrogen and oxygen atoms in total. The van der Waals surface area contributed by atoms with Crippen LogP contribution in [0.4, 0.5) is 0 Å². The number of fused-ring (bicyclic) bond motifs is 1. The van der Waals surface area contributed by atoms with Crippen LogP contribution in [-0.2, 0) is 4.74 Å². The van der Waals surface area contributed by atoms with Crippen molar-refractivity contribution < 1.29 is 9.84 Å². The van der Waals surface area contributed by atoms with Crippen LogP contribution in [-0.4, -0.2) is 72.0 Å². The van der Waals surface area contributed by atoms with Crippen LogP contribution in [0.1, 0.15) is 6.42 Å². The molecule has 0 aliphatic carbocycles. The summed E-state index contributed by atoms with van der Waals surface area (Å²) in [6.07, 6.45) is 1.04. The Labute approximate surface area is 118 Å². The zero-order valence-electron chi connectivity index (χ0n) is 10.8. The Morgan fingerprint density at radius 1 is 1.28 bits per heavy atom. The summed E-state index contributed by atoms with van der Waals surface area (Å²) in [5.74, 6) is 5.68. The molecule has 1 N–H and O–H groups in total. The SMILES string of the molecule is OC[C@]12CCOC[C@H]1CN(C1CSCCSC1)C2. The van der Waals surface area contributed by atoms with Gasteiger partial charge in [0.25, 0.3) is 0 Å². The number of likely N-dealkylation sites (tertiary alicyclic amines) is 1. The normalized spacial score (nSPS) is 39.5. The zero-order chi connectivity index (χ0) is 12.4. The maximum atomic E-state index is 9.83. The lowest BCUT2D eigenvalue weighted by atomic mass is 9.75. The molecule has 0 amide bonds. The Hall–Kier alpha value is 0.580. The number of rotatable bonds is 2. The van der Waals surface area contributed by atoms with E-state index in [9.17, 15) is 5.11 Å². The topological polar surface area (TPSA) is 32.7 Å². The molecule has 0 spiro atoms. The molecule has 0 bridgehead atoms. The van der Waals surface area contributed by atoms with Gasteiger partial charge in [-0.2, -0.15) is 23.5 Å². The standard InChI is InChI=1S/C13H23NO2S2/c15-10-13-1-2-16-6-11(13)5-14(9-13)12-7-17-3-4-18-8-12/h11-12,15H,1-10H2/t11-,13-/m1/s1. The average molecular weight is 289 g/mol. The summed E-state index contributed by atoms with van der Waals surface area (Å²) in [6, 6.07) is 0.705. The fourth-order valence-electron chi connectivity index (χ4n) is 3.44. The third-order valence-corrected chi connectivity index (χ3v) is 7.21. The van der Waals surface area contributed by atoms with E-state index in [1.807, 2.05) is 0 Å². The van der Waals surface area contributed by atoms with Crippen LogP contribution in [0.2, 0.25) is 0 Å². The van der Waals surface area contributed by atoms with Crippen molar-refractivity contribution in [3.63, 3.8) is 0 Å². The van der Waals surface area contributed by atoms with E-state index in [-0.39, 0.29) is 5.41 Å². The molecule has 3 rings (SSSR count). The largest absolute Gasteiger partial charge is 0.396 e. The number of hydrogen-bond donors (Lipinski definition) is 1. The Bertz CT molecular complexity index is 284. The van der Waals surface area contributed by atoms with E-state index in [0.717, 1.165) is 32.7 Å². The van der Waals surface area contributed by atoms with E-state index >= 15 is 0 Å². The molecule has 0 aromatic carbocycles. The summed E-state index contributed by atoms with van der Waals surface area (Å²) in [7, 11) is 0. The highest BCUT2D eigenvalue weighted by molar-refractivity contribution is 8.03. The fraction of sp³-hybridized carbons (Fsp3) is 1.00. The van der Waals surface area contributed by atoms with Gasteiger partial charge in [0.05, 0.1) is 13.2 Å². The van der Waals surface area contributed by atoms with Crippen molar-refractivity contribution in [1.29, 1.82) is 0 Å². The molecule has 0 aromatic heterocycles. The Morgan fingerprint density at radius 2 is 2.06 bits per heavy atom. The van der Waals surface area contributed by atoms with Gasteiger partial charge in [-0.15, -0.1) is 0 Å². The van der Waals surface area contributed by atoms with Gasteiger partial charge in [0, 0.05) is 60.1 Å². The number of hydrogen-bond acceptors (Lipinski definition) is 5. The summed E-state index contributed by atoms with van der Waals surface area (Å²) in [6.45, 7) is 4.24. The summed E-state index contributed by atoms with van der Waals surface area (Å²) < 4.78 is 5.62. The molecule has 104 valence electrons. The second-order valence-corrected chi connectivity index (χ2v) is 8.08. The Balaban J connectivity index is 1.68. The van der Waals surface area contributed by atoms with E-state index in [2.05, 4.69) is 28.4 Å². The third kappa shape index (κ3) is 2.57. The van der Waals surface area contributed by atoms with Crippen molar-refractivity contribution >= 4 is 23.5 Å². The number of thioether (sulfide) groups is 2. The highest BCUT2D eigenvalue weighted by Gasteiger charge is 2.49. The number of aliphatic hydroxyl groups excluding tert-OH is 1. The summed E-state index contributed by atoms with van der Waals surface area (Å²) >= 11 is 4.19. The molecule has 3 heterocycles. The summed E-state index contributed by atoms with van der Waals surface area (Å²) in [5.41, 5.74) is 0.139. The molecular formula is C13H23NO2S2. The minimum absolute atomic E-state index is 0.139. The number of nitrogens with zero attached hydrogens (tertiary/aromatic N) is 1. The van der Waals surface area contributed by atoms with E-state index in [1.165, 1.54) is 23.0 Å². The smallest absolute Gasteiger partial charge is 0.0513 e. The van der Waals surface area contributed by atoms with E-state index in [1.54, 1.807) is 0 Å². The van der Waals surface area contributed by atoms with Gasteiger partial charge in [-0.25, -0.2) is 0 Å². The van der Waals surface area contributed by atoms with Crippen molar-refractivity contribution in [2.45, 2.75) is 12.5 Å². The highest BCUT2D eigenvalue weighted by Crippen LogP contribution is 2.43. The van der Waals surface area contributed by atoms with Gasteiger partial charge < -0.3 is 9.84 Å². The molecule has 0 aromatic rings. The van der Waals surface area contributed by atoms with Crippen molar-refractivity contribution in [1.82, 2.24) is 4.90 Å². The lowest BCUT2D eigenvalue weighted by Crippen LogP contribution is -2.42. The van der Waals surface area contributed by atoms with Crippen LogP contribution in [0, 0.1) is 11.3 Å². The van der Waals surface area contributed by atoms with Crippen LogP contribution in [0.15, 0.2) is 0 Å². The molecule has 0 saturated carbocycles. The maximum Gasteiger partial charge on any atom is 0.0513 e. The van der Waals surface area contributed by atoms with Crippen molar-refractivity contribution in [2.75, 3.05) is 55.9 Å². The maximum absolute atomic E-state index is 9.83. The lowest BCUT2D eigenvalue weighted by molar-refractivity contribution is -0.0417. The first-order chi connectivity index (χ1) is 8.84. The van der Waals surface area contributed by atoms with Gasteiger partial charge in [-0.05, 0) is 6.42 Å². The van der Waals surface area contributed by atoms with Crippen molar-refractivity contribution in [3.8, 4) is 0 Å². The molecule has 3 aliphatic rings. The molecule has 18 heavy (non-hydrogen) atoms. The van der Waals surface area contributed by atoms with Crippen LogP contribution in [0.3, 0.4) is 0 Å². The predicted octanol–water partition coefficient (Wildman–Crippen LogP) is 1.17. The van der Waals surface area contributed by atoms with Crippen LogP contribution < -0.4 is 0 Å². The highest BCUT2D eigenvalue weighted by atomic mass is 32.2. The molecule has 3 aliphatic heterocycles. The summed E-state index contributed by atoms with van der Waals surface area (Å²) in [5, 5.41) is 9.83. The van der Waals surface area contributed by atoms with Crippen molar-refractivity contribution in [3.05, 3.63) is 0 Å². The molecule has 0 unspecified atom stereocenters. The lowest BCUT2D eigenvalue weighted by Gasteiger charge is -2.37. The van der Waals surface area contributed by atoms with Crippen molar-refractivity contribution in [2.24, 2.45) is 11.3 Å². The first-order valence-electron chi connectivity index (χ1n) is 6.92. The molecule has 3 saturated heterocycles. The summed E-state index contributed by atoms with van der Waals surface area (Å²) in [4.78, 5) is 2.64. The van der Waals surface area contributed by atoms with Crippen LogP contribution >= 0.6 is 23.5 Å². The fourth-order valence-corrected chi connectivity index (χ4v) is 6.07. The zero-order valence-corrected chi connectivity index (χ0v) is 12.5. The van der Waals surface area contributed by atoms with Gasteiger partial charge in [-0.3, -0.25) is 4.90 Å². The van der Waals surface area contributed by atoms with E-state index < -0.39 is 0 Å². The minimum atomic E-state index is 0.139. The van der Waals surface area contributed by atoms with Crippen LogP contribution in [0.5, 0.6) is 0 Å². The number of ether oxygens (including phenoxy) is 1. The molecule has 5 heteroatoms. The molecule has 0 radical (unpaired) electrons. The first kappa shape index (κ1) is 13.6. The quantitative estimate of drug-likeness (QED) is 0.825. The van der Waals surface area contributed by atoms with Gasteiger partial charge >= 0.3 is 0 Å². The second-order valence-electron chi connectivity index (χ2n) is 5.78. The first-order valence-corrected chi connectivity index (χ1v) is 9.23. The minimum Gasteiger partial charge on any atom is -0.396 e. The van der Waals surface area contributed by atoms with E-state index in [0.29, 0.717) is 18.6 Å². The Morgan fingerprint density at radius 3 is 2.72 bits per heavy atom. The predicted molar refractivity (Wildman–Crippen MR) is 78.5 cm³/mol. The second kappa shape index (κ2) is 5.92. The van der Waals surface area contributed by atoms with Gasteiger partial charge in [-0.1, -0.05) is 0 Å². The monoisotopic (exact) mass is 289 g/mol. The molecule has 3 fully saturated rings. The molecule has 2 atom stereocenters.